The summed E-state index contributed by atoms with van der Waals surface area (Å²) in [4.78, 5) is 76.2. The van der Waals surface area contributed by atoms with Crippen molar-refractivity contribution in [3.63, 3.8) is 0 Å². The molecule has 0 radical (unpaired) electrons. The van der Waals surface area contributed by atoms with Gasteiger partial charge in [0.25, 0.3) is 0 Å². The molecule has 11 atom stereocenters. The van der Waals surface area contributed by atoms with Crippen LogP contribution in [0.1, 0.15) is 179 Å². The van der Waals surface area contributed by atoms with Crippen LogP contribution in [0.15, 0.2) is 41.5 Å². The lowest BCUT2D eigenvalue weighted by molar-refractivity contribution is -0.346. The zero-order valence-corrected chi connectivity index (χ0v) is 55.7. The Kier molecular flexibility index (Phi) is 22.2. The monoisotopic (exact) mass is 1190 g/mol. The van der Waals surface area contributed by atoms with Crippen LogP contribution in [0.3, 0.4) is 0 Å². The summed E-state index contributed by atoms with van der Waals surface area (Å²) in [6.45, 7) is 31.9. The van der Waals surface area contributed by atoms with E-state index in [0.29, 0.717) is 47.7 Å². The van der Waals surface area contributed by atoms with Crippen LogP contribution in [0.5, 0.6) is 0 Å². The zero-order chi connectivity index (χ0) is 59.3. The molecule has 80 heavy (non-hydrogen) atoms. The van der Waals surface area contributed by atoms with Crippen molar-refractivity contribution >= 4 is 66.3 Å². The predicted octanol–water partition coefficient (Wildman–Crippen LogP) is 12.9. The Morgan fingerprint density at radius 2 is 1.35 bits per heavy atom. The van der Waals surface area contributed by atoms with Crippen molar-refractivity contribution in [3.8, 4) is 0 Å². The molecule has 1 aromatic rings. The number of carbonyl (C=O) groups is 5. The largest absolute Gasteiger partial charge is 0.459 e. The van der Waals surface area contributed by atoms with E-state index in [4.69, 9.17) is 32.2 Å². The predicted molar refractivity (Wildman–Crippen MR) is 324 cm³/mol. The first-order chi connectivity index (χ1) is 37.6. The van der Waals surface area contributed by atoms with Crippen molar-refractivity contribution in [2.24, 2.45) is 16.7 Å². The second kappa shape index (κ2) is 26.7. The first-order valence-corrected chi connectivity index (χ1v) is 39.8. The van der Waals surface area contributed by atoms with Crippen LogP contribution >= 0.6 is 11.8 Å². The van der Waals surface area contributed by atoms with Gasteiger partial charge >= 0.3 is 17.9 Å². The molecule has 2 saturated heterocycles. The molecular weight excluding hydrogens is 1080 g/mol. The third kappa shape index (κ3) is 13.2. The minimum absolute atomic E-state index is 0.0471. The number of amides is 1. The van der Waals surface area contributed by atoms with Gasteiger partial charge in [0.1, 0.15) is 30.0 Å². The molecule has 2 saturated carbocycles. The lowest BCUT2D eigenvalue weighted by Gasteiger charge is -2.68. The van der Waals surface area contributed by atoms with Crippen molar-refractivity contribution in [2.45, 2.75) is 276 Å². The van der Waals surface area contributed by atoms with Gasteiger partial charge in [-0.3, -0.25) is 19.2 Å². The maximum atomic E-state index is 17.3. The molecule has 3 aliphatic carbocycles. The minimum Gasteiger partial charge on any atom is -0.459 e. The van der Waals surface area contributed by atoms with Crippen LogP contribution in [0, 0.1) is 16.7 Å². The third-order valence-corrected chi connectivity index (χ3v) is 35.5. The molecule has 1 aromatic carbocycles. The summed E-state index contributed by atoms with van der Waals surface area (Å²) in [7, 11) is -8.23. The highest BCUT2D eigenvalue weighted by atomic mass is 32.2. The van der Waals surface area contributed by atoms with Gasteiger partial charge in [0.15, 0.2) is 42.4 Å². The molecule has 6 rings (SSSR count). The molecule has 3 bridgehead atoms. The lowest BCUT2D eigenvalue weighted by atomic mass is 9.44. The molecule has 0 spiro atoms. The number of ketones is 1. The van der Waals surface area contributed by atoms with Gasteiger partial charge in [-0.2, -0.15) is 11.8 Å². The van der Waals surface area contributed by atoms with Crippen LogP contribution in [0.25, 0.3) is 0 Å². The molecule has 0 aromatic heterocycles. The molecule has 2 heterocycles. The van der Waals surface area contributed by atoms with E-state index in [-0.39, 0.29) is 49.0 Å². The van der Waals surface area contributed by atoms with Crippen molar-refractivity contribution in [1.29, 1.82) is 0 Å². The molecule has 0 unspecified atom stereocenters. The second-order valence-electron chi connectivity index (χ2n) is 26.3. The molecule has 5 aliphatic rings. The number of hydrogen-bond donors (Lipinski definition) is 2. The summed E-state index contributed by atoms with van der Waals surface area (Å²) in [5.74, 6) is -1.81. The third-order valence-electron chi connectivity index (χ3n) is 20.6. The van der Waals surface area contributed by atoms with E-state index in [9.17, 15) is 14.7 Å². The Balaban J connectivity index is 1.69. The SMILES string of the molecule is CC[Si](CC)(CC)O[C@H]1C(=O)[C@]2(C)[C@@H](O[Si](CC)(CC)CC)C[C@H]3OC[C@@]3(OC(C)=O)[C@H]2[C@@H]2OC(=O)CCCCSCCCCCCCC(=O)N[C@@H](c3ccccc3)[C@@H](O[Si](C)(C)C(C)(C)C)C(=O)O[C@H]3C[C@]2(O)C(C)(C)C1=C3C. The number of ether oxygens (including phenoxy) is 4. The number of aliphatic hydroxyl groups is 1. The number of fused-ring (bicyclic) bond motifs is 6. The van der Waals surface area contributed by atoms with E-state index >= 15 is 14.4 Å². The van der Waals surface area contributed by atoms with Gasteiger partial charge in [-0.25, -0.2) is 4.79 Å². The van der Waals surface area contributed by atoms with Crippen molar-refractivity contribution < 1.29 is 61.3 Å². The first kappa shape index (κ1) is 66.5. The maximum absolute atomic E-state index is 17.3. The van der Waals surface area contributed by atoms with Gasteiger partial charge in [-0.1, -0.05) is 126 Å². The molecule has 2 aliphatic heterocycles. The highest BCUT2D eigenvalue weighted by Crippen LogP contribution is 2.65. The van der Waals surface area contributed by atoms with E-state index in [2.05, 4.69) is 80.7 Å². The van der Waals surface area contributed by atoms with Crippen LogP contribution in [0.4, 0.5) is 0 Å². The number of rotatable bonds is 14. The summed E-state index contributed by atoms with van der Waals surface area (Å²) in [5, 5.41) is 17.6. The van der Waals surface area contributed by atoms with Crippen LogP contribution < -0.4 is 5.32 Å². The minimum atomic E-state index is -2.86. The fourth-order valence-corrected chi connectivity index (χ4v) is 21.7. The van der Waals surface area contributed by atoms with E-state index in [1.54, 1.807) is 0 Å². The zero-order valence-electron chi connectivity index (χ0n) is 51.9. The smallest absolute Gasteiger partial charge is 0.337 e. The Labute approximate surface area is 488 Å². The Bertz CT molecular complexity index is 2340. The fraction of sp³-hybridized carbons (Fsp3) is 0.790. The number of carbonyl (C=O) groups excluding carboxylic acids is 5. The number of thioether (sulfide) groups is 1. The average Bonchev–Trinajstić information content (AvgIpc) is 3.44. The normalized spacial score (nSPS) is 32.9. The maximum Gasteiger partial charge on any atom is 0.337 e. The summed E-state index contributed by atoms with van der Waals surface area (Å²) < 4.78 is 49.6. The fourth-order valence-electron chi connectivity index (χ4n) is 13.8. The second-order valence-corrected chi connectivity index (χ2v) is 41.8. The number of benzene rings is 1. The standard InChI is InChI=1S/C62H103NO13SSi3/c1-17-79(18-2,19-3)74-46-39-47-61(41-70-47,73-43(8)64)54-56-62(69)40-45(42(7)50(59(62,12)13)52(55(67)60(46,54)14)76-80(20-4,21-5)22-6)71-57(68)53(75-78(15,16)58(9,10)11)51(44-33-27-26-28-34-44)63-48(65)35-29-24-23-25-31-37-77-38-32-30-36-49(66)72-56/h26-28,33-34,45-47,51-54,56,69H,17-25,29-32,35-41H2,1-16H3,(H,63,65)/t45-,46-,47+,51-,52+,53+,54-,56-,60+,61-,62+/m0/s1. The lowest BCUT2D eigenvalue weighted by Crippen LogP contribution is -2.82. The Morgan fingerprint density at radius 3 is 1.91 bits per heavy atom. The number of nitrogens with one attached hydrogen (secondary N) is 1. The molecule has 452 valence electrons. The van der Waals surface area contributed by atoms with Gasteiger partial charge in [-0.15, -0.1) is 0 Å². The van der Waals surface area contributed by atoms with Crippen LogP contribution in [-0.2, 0) is 56.2 Å². The average molecular weight is 1190 g/mol. The van der Waals surface area contributed by atoms with Crippen molar-refractivity contribution in [2.75, 3.05) is 18.1 Å². The summed E-state index contributed by atoms with van der Waals surface area (Å²) in [6, 6.07) is 12.9. The topological polar surface area (TPSA) is 182 Å². The van der Waals surface area contributed by atoms with E-state index in [0.717, 1.165) is 61.7 Å². The molecule has 4 fully saturated rings. The van der Waals surface area contributed by atoms with Gasteiger partial charge in [0.05, 0.1) is 30.1 Å². The summed E-state index contributed by atoms with van der Waals surface area (Å²) in [5.41, 5.74) is -5.04. The first-order valence-electron chi connectivity index (χ1n) is 30.7. The van der Waals surface area contributed by atoms with Gasteiger partial charge in [0, 0.05) is 38.0 Å². The highest BCUT2D eigenvalue weighted by Gasteiger charge is 2.79. The molecule has 14 nitrogen and oxygen atoms in total. The van der Waals surface area contributed by atoms with E-state index in [1.165, 1.54) is 6.92 Å². The number of Topliss-reactive ketones (excluding diaryl/α,β-unsaturated/α-hetero) is 1. The summed E-state index contributed by atoms with van der Waals surface area (Å²) >= 11 is 1.86. The summed E-state index contributed by atoms with van der Waals surface area (Å²) in [6.07, 6.45) is -0.762. The molecule has 18 heteroatoms. The molecule has 1 amide bonds. The van der Waals surface area contributed by atoms with Crippen molar-refractivity contribution in [1.82, 2.24) is 5.32 Å². The van der Waals surface area contributed by atoms with Gasteiger partial charge in [-0.05, 0) is 122 Å². The van der Waals surface area contributed by atoms with E-state index < -0.39 is 113 Å². The highest BCUT2D eigenvalue weighted by molar-refractivity contribution is 7.99. The van der Waals surface area contributed by atoms with E-state index in [1.807, 2.05) is 69.8 Å². The molecular formula is C62H103NO13SSi3. The van der Waals surface area contributed by atoms with Gasteiger partial charge < -0.3 is 42.6 Å². The quantitative estimate of drug-likeness (QED) is 0.0777. The Morgan fingerprint density at radius 1 is 0.787 bits per heavy atom. The van der Waals surface area contributed by atoms with Crippen LogP contribution in [-0.4, -0.2) is 126 Å². The number of hydrogen-bond acceptors (Lipinski definition) is 14. The van der Waals surface area contributed by atoms with Crippen LogP contribution in [0.2, 0.25) is 54.4 Å². The van der Waals surface area contributed by atoms with Gasteiger partial charge in [0.2, 0.25) is 5.91 Å². The number of esters is 3. The van der Waals surface area contributed by atoms with Crippen molar-refractivity contribution in [3.05, 3.63) is 47.0 Å². The Hall–Kier alpha value is -2.69. The molecule has 2 N–H and O–H groups in total.